The molecule has 0 aliphatic carbocycles. The van der Waals surface area contributed by atoms with Gasteiger partial charge in [-0.25, -0.2) is 4.79 Å². The molecule has 0 saturated carbocycles. The summed E-state index contributed by atoms with van der Waals surface area (Å²) in [5, 5.41) is 20.5. The molecule has 1 N–H and O–H groups in total. The van der Waals surface area contributed by atoms with Gasteiger partial charge in [-0.1, -0.05) is 5.16 Å². The van der Waals surface area contributed by atoms with E-state index in [4.69, 9.17) is 9.94 Å². The molecule has 1 aliphatic heterocycles. The van der Waals surface area contributed by atoms with E-state index in [1.165, 1.54) is 17.9 Å². The van der Waals surface area contributed by atoms with Crippen LogP contribution in [-0.4, -0.2) is 37.4 Å². The summed E-state index contributed by atoms with van der Waals surface area (Å²) in [4.78, 5) is 17.1. The molecule has 1 atom stereocenters. The van der Waals surface area contributed by atoms with Gasteiger partial charge in [0.1, 0.15) is 11.4 Å². The summed E-state index contributed by atoms with van der Waals surface area (Å²) in [7, 11) is 1.68. The van der Waals surface area contributed by atoms with Crippen LogP contribution in [0.25, 0.3) is 0 Å². The number of carboxylic acid groups (broad SMARTS) is 1. The van der Waals surface area contributed by atoms with Crippen LogP contribution >= 0.6 is 0 Å². The molecule has 15 heavy (non-hydrogen) atoms. The monoisotopic (exact) mass is 210 g/mol. The average molecular weight is 210 g/mol. The zero-order valence-electron chi connectivity index (χ0n) is 8.34. The molecule has 1 unspecified atom stereocenters. The van der Waals surface area contributed by atoms with Gasteiger partial charge < -0.3 is 9.94 Å². The first-order chi connectivity index (χ1) is 7.01. The van der Waals surface area contributed by atoms with Crippen LogP contribution in [0.5, 0.6) is 0 Å². The van der Waals surface area contributed by atoms with Crippen LogP contribution in [0.3, 0.4) is 0 Å². The van der Waals surface area contributed by atoms with E-state index < -0.39 is 11.6 Å². The molecule has 1 aliphatic rings. The van der Waals surface area contributed by atoms with Crippen molar-refractivity contribution in [3.63, 3.8) is 0 Å². The summed E-state index contributed by atoms with van der Waals surface area (Å²) in [5.41, 5.74) is -0.234. The Morgan fingerprint density at radius 1 is 1.73 bits per heavy atom. The number of aryl methyl sites for hydroxylation is 1. The summed E-state index contributed by atoms with van der Waals surface area (Å²) in [6.07, 6.45) is 1.72. The van der Waals surface area contributed by atoms with Crippen molar-refractivity contribution in [2.75, 3.05) is 0 Å². The Labute approximate surface area is 85.3 Å². The summed E-state index contributed by atoms with van der Waals surface area (Å²) in [6, 6.07) is 0. The third-order valence-corrected chi connectivity index (χ3v) is 2.21. The van der Waals surface area contributed by atoms with E-state index in [1.54, 1.807) is 7.05 Å². The maximum atomic E-state index is 10.9. The molecule has 1 aromatic rings. The maximum Gasteiger partial charge on any atom is 0.351 e. The second kappa shape index (κ2) is 3.04. The third kappa shape index (κ3) is 1.56. The molecule has 0 amide bonds. The molecule has 1 aromatic heterocycles. The molecule has 0 radical (unpaired) electrons. The number of rotatable bonds is 2. The van der Waals surface area contributed by atoms with Crippen molar-refractivity contribution >= 4 is 11.7 Å². The lowest BCUT2D eigenvalue weighted by atomic mass is 9.99. The van der Waals surface area contributed by atoms with Gasteiger partial charge in [-0.3, -0.25) is 0 Å². The van der Waals surface area contributed by atoms with Gasteiger partial charge in [0.15, 0.2) is 0 Å². The Hall–Kier alpha value is -1.92. The SMILES string of the molecule is Cn1ncc(C2=NOC(C)(C(=O)O)C2)n1. The Kier molecular flexibility index (Phi) is 1.95. The molecule has 7 heteroatoms. The minimum Gasteiger partial charge on any atom is -0.478 e. The van der Waals surface area contributed by atoms with Crippen molar-refractivity contribution in [2.24, 2.45) is 12.2 Å². The van der Waals surface area contributed by atoms with Gasteiger partial charge in [0.05, 0.1) is 6.20 Å². The van der Waals surface area contributed by atoms with Crippen LogP contribution in [0.15, 0.2) is 11.4 Å². The molecular formula is C8H10N4O3. The minimum atomic E-state index is -1.28. The summed E-state index contributed by atoms with van der Waals surface area (Å²) in [5.74, 6) is -1.04. The summed E-state index contributed by atoms with van der Waals surface area (Å²) >= 11 is 0. The lowest BCUT2D eigenvalue weighted by Crippen LogP contribution is -2.35. The van der Waals surface area contributed by atoms with Gasteiger partial charge in [0.2, 0.25) is 5.60 Å². The van der Waals surface area contributed by atoms with E-state index in [1.807, 2.05) is 0 Å². The fourth-order valence-corrected chi connectivity index (χ4v) is 1.27. The third-order valence-electron chi connectivity index (χ3n) is 2.21. The molecular weight excluding hydrogens is 200 g/mol. The fraction of sp³-hybridized carbons (Fsp3) is 0.500. The van der Waals surface area contributed by atoms with Gasteiger partial charge >= 0.3 is 5.97 Å². The van der Waals surface area contributed by atoms with Gasteiger partial charge in [0, 0.05) is 13.5 Å². The number of carboxylic acids is 1. The van der Waals surface area contributed by atoms with E-state index in [9.17, 15) is 4.79 Å². The predicted octanol–water partition coefficient (Wildman–Crippen LogP) is -0.217. The van der Waals surface area contributed by atoms with Gasteiger partial charge in [0.25, 0.3) is 0 Å². The molecule has 0 bridgehead atoms. The highest BCUT2D eigenvalue weighted by Crippen LogP contribution is 2.25. The van der Waals surface area contributed by atoms with Crippen LogP contribution in [0.2, 0.25) is 0 Å². The lowest BCUT2D eigenvalue weighted by Gasteiger charge is -2.14. The molecule has 0 spiro atoms. The summed E-state index contributed by atoms with van der Waals surface area (Å²) in [6.45, 7) is 1.47. The fourth-order valence-electron chi connectivity index (χ4n) is 1.27. The van der Waals surface area contributed by atoms with Crippen LogP contribution in [0, 0.1) is 0 Å². The number of hydrogen-bond acceptors (Lipinski definition) is 5. The first kappa shape index (κ1) is 9.63. The van der Waals surface area contributed by atoms with E-state index >= 15 is 0 Å². The maximum absolute atomic E-state index is 10.9. The highest BCUT2D eigenvalue weighted by atomic mass is 16.7. The Bertz CT molecular complexity index is 439. The number of nitrogens with zero attached hydrogens (tertiary/aromatic N) is 4. The largest absolute Gasteiger partial charge is 0.478 e. The standard InChI is InChI=1S/C8H10N4O3/c1-8(7(13)14)3-5(11-15-8)6-4-9-12(2)10-6/h4H,3H2,1-2H3,(H,13,14). The lowest BCUT2D eigenvalue weighted by molar-refractivity contribution is -0.160. The normalized spacial score (nSPS) is 24.8. The van der Waals surface area contributed by atoms with Gasteiger partial charge in [-0.2, -0.15) is 15.0 Å². The van der Waals surface area contributed by atoms with Crippen molar-refractivity contribution in [3.8, 4) is 0 Å². The Morgan fingerprint density at radius 2 is 2.47 bits per heavy atom. The molecule has 0 saturated heterocycles. The summed E-state index contributed by atoms with van der Waals surface area (Å²) < 4.78 is 0. The van der Waals surface area contributed by atoms with Crippen LogP contribution in [-0.2, 0) is 16.7 Å². The molecule has 2 rings (SSSR count). The molecule has 0 fully saturated rings. The van der Waals surface area contributed by atoms with Crippen LogP contribution in [0.1, 0.15) is 19.0 Å². The van der Waals surface area contributed by atoms with Gasteiger partial charge in [-0.15, -0.1) is 0 Å². The van der Waals surface area contributed by atoms with Crippen LogP contribution in [0.4, 0.5) is 0 Å². The Balaban J connectivity index is 2.20. The molecule has 7 nitrogen and oxygen atoms in total. The van der Waals surface area contributed by atoms with Gasteiger partial charge in [-0.05, 0) is 6.92 Å². The minimum absolute atomic E-state index is 0.195. The average Bonchev–Trinajstić information content (AvgIpc) is 2.73. The van der Waals surface area contributed by atoms with Crippen LogP contribution < -0.4 is 0 Å². The quantitative estimate of drug-likeness (QED) is 0.729. The number of carbonyl (C=O) groups is 1. The number of hydrogen-bond donors (Lipinski definition) is 1. The van der Waals surface area contributed by atoms with E-state index in [0.717, 1.165) is 0 Å². The zero-order chi connectivity index (χ0) is 11.1. The number of oxime groups is 1. The van der Waals surface area contributed by atoms with Crippen molar-refractivity contribution < 1.29 is 14.7 Å². The molecule has 80 valence electrons. The van der Waals surface area contributed by atoms with Crippen molar-refractivity contribution in [1.82, 2.24) is 15.0 Å². The van der Waals surface area contributed by atoms with E-state index in [0.29, 0.717) is 11.4 Å². The zero-order valence-corrected chi connectivity index (χ0v) is 8.34. The molecule has 0 aromatic carbocycles. The van der Waals surface area contributed by atoms with E-state index in [-0.39, 0.29) is 6.42 Å². The Morgan fingerprint density at radius 3 is 2.93 bits per heavy atom. The smallest absolute Gasteiger partial charge is 0.351 e. The molecule has 2 heterocycles. The predicted molar refractivity (Wildman–Crippen MR) is 49.3 cm³/mol. The highest BCUT2D eigenvalue weighted by Gasteiger charge is 2.42. The number of aliphatic carboxylic acids is 1. The number of aromatic nitrogens is 3. The van der Waals surface area contributed by atoms with Crippen molar-refractivity contribution in [3.05, 3.63) is 11.9 Å². The first-order valence-electron chi connectivity index (χ1n) is 4.36. The first-order valence-corrected chi connectivity index (χ1v) is 4.36. The van der Waals surface area contributed by atoms with E-state index in [2.05, 4.69) is 15.4 Å². The van der Waals surface area contributed by atoms with Crippen molar-refractivity contribution in [2.45, 2.75) is 18.9 Å². The highest BCUT2D eigenvalue weighted by molar-refractivity contribution is 6.02. The second-order valence-corrected chi connectivity index (χ2v) is 3.56. The second-order valence-electron chi connectivity index (χ2n) is 3.56. The topological polar surface area (TPSA) is 89.6 Å². The van der Waals surface area contributed by atoms with Crippen molar-refractivity contribution in [1.29, 1.82) is 0 Å².